The maximum Gasteiger partial charge on any atom is 0.416 e. The second-order valence-corrected chi connectivity index (χ2v) is 13.6. The van der Waals surface area contributed by atoms with Crippen molar-refractivity contribution in [3.8, 4) is 45.3 Å². The molecule has 262 valence electrons. The highest BCUT2D eigenvalue weighted by atomic mass is 35.5. The molecule has 0 saturated carbocycles. The second-order valence-electron chi connectivity index (χ2n) is 10.6. The third kappa shape index (κ3) is 7.57. The van der Waals surface area contributed by atoms with Crippen LogP contribution in [0.3, 0.4) is 0 Å². The molecule has 0 atom stereocenters. The molecule has 17 heteroatoms. The number of anilines is 1. The molecule has 10 nitrogen and oxygen atoms in total. The van der Waals surface area contributed by atoms with E-state index in [1.165, 1.54) is 57.2 Å². The summed E-state index contributed by atoms with van der Waals surface area (Å²) >= 11 is 7.33. The average molecular weight is 758 g/mol. The van der Waals surface area contributed by atoms with Crippen molar-refractivity contribution in [3.05, 3.63) is 120 Å². The molecule has 0 spiro atoms. The predicted octanol–water partition coefficient (Wildman–Crippen LogP) is 8.68. The molecule has 2 heterocycles. The molecule has 0 aliphatic rings. The quantitative estimate of drug-likeness (QED) is 0.120. The molecule has 0 bridgehead atoms. The number of halogens is 5. The largest absolute Gasteiger partial charge is 0.497 e. The van der Waals surface area contributed by atoms with E-state index in [1.54, 1.807) is 30.3 Å². The Hall–Kier alpha value is -5.32. The Morgan fingerprint density at radius 2 is 1.67 bits per heavy atom. The number of hydrogen-bond donors (Lipinski definition) is 0. The van der Waals surface area contributed by atoms with Crippen molar-refractivity contribution >= 4 is 38.3 Å². The van der Waals surface area contributed by atoms with E-state index in [0.717, 1.165) is 40.1 Å². The summed E-state index contributed by atoms with van der Waals surface area (Å²) in [6.45, 7) is -0.304. The zero-order valence-corrected chi connectivity index (χ0v) is 28.8. The van der Waals surface area contributed by atoms with Crippen LogP contribution in [0.4, 0.5) is 22.7 Å². The summed E-state index contributed by atoms with van der Waals surface area (Å²) in [5.74, 6) is -0.498. The lowest BCUT2D eigenvalue weighted by molar-refractivity contribution is -0.137. The Labute approximate surface area is 298 Å². The first kappa shape index (κ1) is 35.5. The molecular formula is C34H24ClF4N5O5S2. The highest BCUT2D eigenvalue weighted by molar-refractivity contribution is 7.93. The summed E-state index contributed by atoms with van der Waals surface area (Å²) in [5.41, 5.74) is 1.15. The maximum atomic E-state index is 15.9. The smallest absolute Gasteiger partial charge is 0.416 e. The molecule has 51 heavy (non-hydrogen) atoms. The number of sulfonamides is 1. The fourth-order valence-corrected chi connectivity index (χ4v) is 7.51. The molecule has 0 amide bonds. The Kier molecular flexibility index (Phi) is 10.1. The number of ether oxygens (including phenoxy) is 3. The van der Waals surface area contributed by atoms with E-state index < -0.39 is 32.5 Å². The van der Waals surface area contributed by atoms with Gasteiger partial charge in [-0.05, 0) is 59.7 Å². The molecule has 0 N–H and O–H groups in total. The minimum atomic E-state index is -4.66. The molecule has 2 aromatic heterocycles. The van der Waals surface area contributed by atoms with Crippen LogP contribution in [0.1, 0.15) is 11.1 Å². The number of methoxy groups -OCH3 is 2. The lowest BCUT2D eigenvalue weighted by atomic mass is 9.98. The van der Waals surface area contributed by atoms with E-state index in [2.05, 4.69) is 19.6 Å². The molecule has 0 saturated heterocycles. The van der Waals surface area contributed by atoms with Crippen LogP contribution in [0, 0.1) is 5.82 Å². The van der Waals surface area contributed by atoms with Gasteiger partial charge < -0.3 is 14.2 Å². The lowest BCUT2D eigenvalue weighted by Crippen LogP contribution is -2.31. The Bertz CT molecular complexity index is 2300. The highest BCUT2D eigenvalue weighted by Crippen LogP contribution is 2.41. The monoisotopic (exact) mass is 757 g/mol. The summed E-state index contributed by atoms with van der Waals surface area (Å²) in [6, 6.07) is 17.6. The average Bonchev–Trinajstić information content (AvgIpc) is 3.66. The van der Waals surface area contributed by atoms with Gasteiger partial charge in [0, 0.05) is 40.4 Å². The van der Waals surface area contributed by atoms with E-state index in [4.69, 9.17) is 25.8 Å². The molecule has 0 radical (unpaired) electrons. The topological polar surface area (TPSA) is 117 Å². The van der Waals surface area contributed by atoms with Gasteiger partial charge in [-0.15, -0.1) is 0 Å². The Morgan fingerprint density at radius 1 is 0.863 bits per heavy atom. The number of alkyl halides is 3. The van der Waals surface area contributed by atoms with E-state index in [1.807, 2.05) is 0 Å². The van der Waals surface area contributed by atoms with Crippen molar-refractivity contribution in [1.82, 2.24) is 19.6 Å². The van der Waals surface area contributed by atoms with Crippen molar-refractivity contribution in [2.24, 2.45) is 0 Å². The third-order valence-electron chi connectivity index (χ3n) is 7.54. The molecule has 6 aromatic rings. The van der Waals surface area contributed by atoms with Gasteiger partial charge in [-0.1, -0.05) is 29.8 Å². The van der Waals surface area contributed by atoms with Crippen molar-refractivity contribution < 1.29 is 40.2 Å². The molecular weight excluding hydrogens is 734 g/mol. The normalized spacial score (nSPS) is 11.7. The zero-order chi connectivity index (χ0) is 36.3. The second kappa shape index (κ2) is 14.5. The third-order valence-corrected chi connectivity index (χ3v) is 10.4. The van der Waals surface area contributed by atoms with Gasteiger partial charge in [0.1, 0.15) is 40.0 Å². The first-order valence-corrected chi connectivity index (χ1v) is 17.2. The van der Waals surface area contributed by atoms with E-state index in [0.29, 0.717) is 33.8 Å². The van der Waals surface area contributed by atoms with E-state index in [-0.39, 0.29) is 33.8 Å². The number of rotatable bonds is 11. The SMILES string of the molecule is COc1ccc(CN(c2ncns2)S(=O)(=O)c2cc(Cl)c(Oc3ccc(-c4cccc(C(F)(F)F)c4)cc3-c3ccnnc3)cc2F)c(OC)c1. The zero-order valence-electron chi connectivity index (χ0n) is 26.4. The first-order chi connectivity index (χ1) is 24.4. The first-order valence-electron chi connectivity index (χ1n) is 14.6. The van der Waals surface area contributed by atoms with Gasteiger partial charge in [-0.2, -0.15) is 27.7 Å². The molecule has 6 rings (SSSR count). The van der Waals surface area contributed by atoms with Crippen LogP contribution in [-0.4, -0.2) is 42.2 Å². The van der Waals surface area contributed by atoms with E-state index >= 15 is 4.39 Å². The van der Waals surface area contributed by atoms with Gasteiger partial charge in [0.2, 0.25) is 5.13 Å². The molecule has 0 aliphatic carbocycles. The van der Waals surface area contributed by atoms with Crippen molar-refractivity contribution in [3.63, 3.8) is 0 Å². The number of aromatic nitrogens is 4. The summed E-state index contributed by atoms with van der Waals surface area (Å²) in [5, 5.41) is 7.36. The maximum absolute atomic E-state index is 15.9. The van der Waals surface area contributed by atoms with Gasteiger partial charge in [0.25, 0.3) is 10.0 Å². The van der Waals surface area contributed by atoms with Crippen LogP contribution in [0.2, 0.25) is 5.02 Å². The minimum Gasteiger partial charge on any atom is -0.497 e. The van der Waals surface area contributed by atoms with Crippen LogP contribution in [0.25, 0.3) is 22.3 Å². The molecule has 0 fully saturated rings. The standard InChI is InChI=1S/C34H24ClF4N5O5S2/c1-47-25-8-6-23(30(14-25)48-2)18-44(33-40-19-43-50-33)51(45,46)32-15-27(35)31(16-28(32)36)49-29-9-7-21(13-26(29)22-10-11-41-42-17-22)20-4-3-5-24(12-20)34(37,38)39/h3-17,19H,18H2,1-2H3. The number of benzene rings is 4. The molecule has 0 aliphatic heterocycles. The number of nitrogens with zero attached hydrogens (tertiary/aromatic N) is 5. The van der Waals surface area contributed by atoms with Gasteiger partial charge in [0.05, 0.1) is 43.7 Å². The van der Waals surface area contributed by atoms with Crippen LogP contribution in [-0.2, 0) is 22.7 Å². The predicted molar refractivity (Wildman–Crippen MR) is 182 cm³/mol. The Morgan fingerprint density at radius 3 is 2.35 bits per heavy atom. The summed E-state index contributed by atoms with van der Waals surface area (Å²) in [7, 11) is -1.78. The minimum absolute atomic E-state index is 0.0415. The van der Waals surface area contributed by atoms with Crippen molar-refractivity contribution in [1.29, 1.82) is 0 Å². The fraction of sp³-hybridized carbons (Fsp3) is 0.118. The van der Waals surface area contributed by atoms with Crippen LogP contribution in [0.5, 0.6) is 23.0 Å². The highest BCUT2D eigenvalue weighted by Gasteiger charge is 2.33. The van der Waals surface area contributed by atoms with Crippen molar-refractivity contribution in [2.45, 2.75) is 17.6 Å². The molecule has 4 aromatic carbocycles. The van der Waals surface area contributed by atoms with Gasteiger partial charge in [0.15, 0.2) is 0 Å². The van der Waals surface area contributed by atoms with Crippen LogP contribution < -0.4 is 18.5 Å². The molecule has 0 unspecified atom stereocenters. The summed E-state index contributed by atoms with van der Waals surface area (Å²) in [6.07, 6.45) is -0.556. The van der Waals surface area contributed by atoms with E-state index in [9.17, 15) is 21.6 Å². The summed E-state index contributed by atoms with van der Waals surface area (Å²) < 4.78 is 106. The van der Waals surface area contributed by atoms with Gasteiger partial charge in [-0.25, -0.2) is 22.1 Å². The van der Waals surface area contributed by atoms with Gasteiger partial charge in [-0.3, -0.25) is 0 Å². The fourth-order valence-electron chi connectivity index (χ4n) is 5.04. The van der Waals surface area contributed by atoms with Crippen molar-refractivity contribution in [2.75, 3.05) is 18.5 Å². The number of hydrogen-bond acceptors (Lipinski definition) is 10. The van der Waals surface area contributed by atoms with Crippen LogP contribution in [0.15, 0.2) is 102 Å². The van der Waals surface area contributed by atoms with Gasteiger partial charge >= 0.3 is 6.18 Å². The van der Waals surface area contributed by atoms with Crippen LogP contribution >= 0.6 is 23.1 Å². The summed E-state index contributed by atoms with van der Waals surface area (Å²) in [4.78, 5) is 3.28. The lowest BCUT2D eigenvalue weighted by Gasteiger charge is -2.23. The Balaban J connectivity index is 1.37.